The Morgan fingerprint density at radius 1 is 1.25 bits per heavy atom. The second-order valence-corrected chi connectivity index (χ2v) is 3.97. The van der Waals surface area contributed by atoms with E-state index in [1.54, 1.807) is 6.21 Å². The van der Waals surface area contributed by atoms with E-state index in [-0.39, 0.29) is 0 Å². The van der Waals surface area contributed by atoms with Crippen molar-refractivity contribution in [2.24, 2.45) is 10.4 Å². The van der Waals surface area contributed by atoms with Gasteiger partial charge in [0.2, 0.25) is 0 Å². The van der Waals surface area contributed by atoms with Gasteiger partial charge >= 0.3 is 0 Å². The molecule has 0 aromatic heterocycles. The first kappa shape index (κ1) is 11.2. The van der Waals surface area contributed by atoms with Crippen molar-refractivity contribution >= 4 is 6.21 Å². The molecule has 0 radical (unpaired) electrons. The number of hydrogen-bond acceptors (Lipinski definition) is 1. The van der Waals surface area contributed by atoms with Crippen LogP contribution in [0.1, 0.15) is 34.1 Å². The van der Waals surface area contributed by atoms with Crippen LogP contribution in [0.15, 0.2) is 29.4 Å². The monoisotopic (exact) mass is 165 g/mol. The highest BCUT2D eigenvalue weighted by molar-refractivity contribution is 5.71. The van der Waals surface area contributed by atoms with E-state index in [9.17, 15) is 0 Å². The lowest BCUT2D eigenvalue weighted by Gasteiger charge is -2.13. The third-order valence-corrected chi connectivity index (χ3v) is 1.29. The van der Waals surface area contributed by atoms with Crippen LogP contribution in [0.4, 0.5) is 0 Å². The van der Waals surface area contributed by atoms with E-state index in [4.69, 9.17) is 0 Å². The summed E-state index contributed by atoms with van der Waals surface area (Å²) in [4.78, 5) is 4.07. The summed E-state index contributed by atoms with van der Waals surface area (Å²) in [5.41, 5.74) is 0.368. The van der Waals surface area contributed by atoms with Gasteiger partial charge in [-0.05, 0) is 24.8 Å². The molecule has 0 atom stereocenters. The minimum Gasteiger partial charge on any atom is -0.265 e. The molecule has 0 aliphatic carbocycles. The molecular formula is C11H19N. The fourth-order valence-corrected chi connectivity index (χ4v) is 0.653. The lowest BCUT2D eigenvalue weighted by Crippen LogP contribution is -2.01. The van der Waals surface area contributed by atoms with Crippen LogP contribution in [0.2, 0.25) is 0 Å². The van der Waals surface area contributed by atoms with Gasteiger partial charge in [-0.25, -0.2) is 0 Å². The molecule has 0 aromatic rings. The predicted molar refractivity (Wildman–Crippen MR) is 56.5 cm³/mol. The average molecular weight is 165 g/mol. The Bertz CT molecular complexity index is 180. The fourth-order valence-electron chi connectivity index (χ4n) is 0.653. The zero-order valence-electron chi connectivity index (χ0n) is 8.54. The zero-order chi connectivity index (χ0) is 9.45. The molecule has 1 nitrogen and oxygen atoms in total. The predicted octanol–water partition coefficient (Wildman–Crippen LogP) is 3.58. The molecule has 0 rings (SSSR count). The smallest absolute Gasteiger partial charge is 0.0264 e. The van der Waals surface area contributed by atoms with Crippen LogP contribution in [-0.2, 0) is 0 Å². The Kier molecular flexibility index (Phi) is 5.35. The highest BCUT2D eigenvalue weighted by Gasteiger charge is 2.05. The van der Waals surface area contributed by atoms with E-state index in [0.717, 1.165) is 6.42 Å². The molecule has 0 aliphatic rings. The Labute approximate surface area is 75.9 Å². The Hall–Kier alpha value is -0.850. The quantitative estimate of drug-likeness (QED) is 0.567. The first-order valence-corrected chi connectivity index (χ1v) is 4.36. The van der Waals surface area contributed by atoms with Crippen molar-refractivity contribution < 1.29 is 0 Å². The summed E-state index contributed by atoms with van der Waals surface area (Å²) in [5.74, 6) is 0. The molecule has 0 spiro atoms. The van der Waals surface area contributed by atoms with Crippen LogP contribution in [0.25, 0.3) is 0 Å². The number of aliphatic imine (C=N–C) groups is 1. The molecule has 0 amide bonds. The van der Waals surface area contributed by atoms with Crippen molar-refractivity contribution in [1.29, 1.82) is 0 Å². The molecule has 0 bridgehead atoms. The maximum Gasteiger partial charge on any atom is 0.0264 e. The maximum atomic E-state index is 4.07. The number of rotatable bonds is 3. The summed E-state index contributed by atoms with van der Waals surface area (Å²) in [7, 11) is 0. The van der Waals surface area contributed by atoms with Crippen molar-refractivity contribution in [3.8, 4) is 0 Å². The van der Waals surface area contributed by atoms with E-state index < -0.39 is 0 Å². The third-order valence-electron chi connectivity index (χ3n) is 1.29. The highest BCUT2D eigenvalue weighted by Crippen LogP contribution is 2.18. The number of allylic oxidation sites excluding steroid dienone is 3. The van der Waals surface area contributed by atoms with E-state index in [1.165, 1.54) is 0 Å². The molecule has 0 fully saturated rings. The first-order chi connectivity index (χ1) is 5.56. The average Bonchev–Trinajstić information content (AvgIpc) is 1.94. The number of nitrogens with zero attached hydrogens (tertiary/aromatic N) is 1. The molecule has 0 saturated heterocycles. The minimum absolute atomic E-state index is 0.368. The van der Waals surface area contributed by atoms with E-state index in [0.29, 0.717) is 5.41 Å². The van der Waals surface area contributed by atoms with E-state index in [1.807, 2.05) is 25.3 Å². The van der Waals surface area contributed by atoms with Crippen LogP contribution in [-0.4, -0.2) is 6.21 Å². The normalized spacial score (nSPS) is 14.0. The van der Waals surface area contributed by atoms with Gasteiger partial charge in [0.15, 0.2) is 0 Å². The van der Waals surface area contributed by atoms with Crippen molar-refractivity contribution in [3.05, 3.63) is 24.4 Å². The van der Waals surface area contributed by atoms with Crippen LogP contribution in [0.5, 0.6) is 0 Å². The second-order valence-electron chi connectivity index (χ2n) is 3.97. The van der Waals surface area contributed by atoms with Gasteiger partial charge in [0, 0.05) is 12.4 Å². The molecular weight excluding hydrogens is 146 g/mol. The van der Waals surface area contributed by atoms with Gasteiger partial charge in [0.05, 0.1) is 0 Å². The molecule has 0 N–H and O–H groups in total. The summed E-state index contributed by atoms with van der Waals surface area (Å²) in [6.45, 7) is 8.62. The number of hydrogen-bond donors (Lipinski definition) is 0. The first-order valence-electron chi connectivity index (χ1n) is 4.36. The highest BCUT2D eigenvalue weighted by atomic mass is 14.6. The molecule has 0 heterocycles. The van der Waals surface area contributed by atoms with Gasteiger partial charge in [-0.3, -0.25) is 4.99 Å². The molecule has 12 heavy (non-hydrogen) atoms. The van der Waals surface area contributed by atoms with Gasteiger partial charge in [0.25, 0.3) is 0 Å². The van der Waals surface area contributed by atoms with E-state index in [2.05, 4.69) is 31.8 Å². The van der Waals surface area contributed by atoms with Crippen LogP contribution in [0.3, 0.4) is 0 Å². The second kappa shape index (κ2) is 5.76. The molecule has 68 valence electrons. The van der Waals surface area contributed by atoms with Crippen LogP contribution >= 0.6 is 0 Å². The topological polar surface area (TPSA) is 12.4 Å². The van der Waals surface area contributed by atoms with Gasteiger partial charge in [0.1, 0.15) is 0 Å². The zero-order valence-corrected chi connectivity index (χ0v) is 8.54. The van der Waals surface area contributed by atoms with Crippen molar-refractivity contribution in [1.82, 2.24) is 0 Å². The van der Waals surface area contributed by atoms with Gasteiger partial charge < -0.3 is 0 Å². The summed E-state index contributed by atoms with van der Waals surface area (Å²) in [6, 6.07) is 0. The van der Waals surface area contributed by atoms with Gasteiger partial charge in [-0.2, -0.15) is 0 Å². The lowest BCUT2D eigenvalue weighted by molar-refractivity contribution is 0.420. The molecule has 0 aromatic carbocycles. The fraction of sp³-hybridized carbons (Fsp3) is 0.545. The molecule has 0 unspecified atom stereocenters. The third kappa shape index (κ3) is 9.15. The van der Waals surface area contributed by atoms with Crippen molar-refractivity contribution in [3.63, 3.8) is 0 Å². The minimum atomic E-state index is 0.368. The summed E-state index contributed by atoms with van der Waals surface area (Å²) >= 11 is 0. The Morgan fingerprint density at radius 2 is 1.92 bits per heavy atom. The lowest BCUT2D eigenvalue weighted by atomic mass is 9.92. The largest absolute Gasteiger partial charge is 0.265 e. The molecule has 0 aliphatic heterocycles. The SMILES string of the molecule is C\C=C/C=N\C=C/CC(C)(C)C. The maximum absolute atomic E-state index is 4.07. The summed E-state index contributed by atoms with van der Waals surface area (Å²) in [6.07, 6.45) is 10.7. The summed E-state index contributed by atoms with van der Waals surface area (Å²) < 4.78 is 0. The van der Waals surface area contributed by atoms with Crippen LogP contribution < -0.4 is 0 Å². The van der Waals surface area contributed by atoms with Gasteiger partial charge in [-0.15, -0.1) is 0 Å². The Morgan fingerprint density at radius 3 is 2.42 bits per heavy atom. The molecule has 1 heteroatoms. The van der Waals surface area contributed by atoms with Crippen LogP contribution in [0, 0.1) is 5.41 Å². The van der Waals surface area contributed by atoms with Crippen molar-refractivity contribution in [2.75, 3.05) is 0 Å². The van der Waals surface area contributed by atoms with Crippen molar-refractivity contribution in [2.45, 2.75) is 34.1 Å². The molecule has 0 saturated carbocycles. The summed E-state index contributed by atoms with van der Waals surface area (Å²) in [5, 5.41) is 0. The van der Waals surface area contributed by atoms with E-state index >= 15 is 0 Å². The standard InChI is InChI=1S/C11H19N/c1-5-6-9-12-10-7-8-11(2,3)4/h5-7,9-10H,8H2,1-4H3/b6-5-,10-7-,12-9-. The van der Waals surface area contributed by atoms with Gasteiger partial charge in [-0.1, -0.05) is 32.9 Å². The Balaban J connectivity index is 3.64.